The van der Waals surface area contributed by atoms with Crippen LogP contribution in [0.25, 0.3) is 0 Å². The van der Waals surface area contributed by atoms with Crippen LogP contribution in [0.5, 0.6) is 0 Å². The number of aromatic nitrogens is 2. The molecule has 0 saturated carbocycles. The number of nitro groups is 1. The molecular weight excluding hydrogens is 296 g/mol. The maximum Gasteiger partial charge on any atom is 0.345 e. The summed E-state index contributed by atoms with van der Waals surface area (Å²) >= 11 is 5.87. The van der Waals surface area contributed by atoms with E-state index < -0.39 is 10.8 Å². The van der Waals surface area contributed by atoms with E-state index in [9.17, 15) is 14.9 Å². The van der Waals surface area contributed by atoms with Gasteiger partial charge in [0.05, 0.1) is 11.8 Å². The molecule has 2 rings (SSSR count). The molecule has 2 aromatic rings. The molecule has 0 aliphatic heterocycles. The number of amides is 1. The highest BCUT2D eigenvalue weighted by molar-refractivity contribution is 6.31. The highest BCUT2D eigenvalue weighted by Crippen LogP contribution is 2.20. The Bertz CT molecular complexity index is 711. The molecule has 0 aliphatic rings. The van der Waals surface area contributed by atoms with Crippen molar-refractivity contribution in [2.24, 2.45) is 0 Å². The summed E-state index contributed by atoms with van der Waals surface area (Å²) < 4.78 is 1.06. The first-order chi connectivity index (χ1) is 9.86. The Labute approximate surface area is 125 Å². The van der Waals surface area contributed by atoms with Crippen molar-refractivity contribution in [3.05, 3.63) is 50.7 Å². The van der Waals surface area contributed by atoms with E-state index in [0.717, 1.165) is 10.2 Å². The molecule has 1 heterocycles. The van der Waals surface area contributed by atoms with Gasteiger partial charge in [0.25, 0.3) is 5.91 Å². The van der Waals surface area contributed by atoms with Crippen LogP contribution >= 0.6 is 11.6 Å². The van der Waals surface area contributed by atoms with Gasteiger partial charge in [0.1, 0.15) is 0 Å². The van der Waals surface area contributed by atoms with Gasteiger partial charge in [0.15, 0.2) is 6.54 Å². The zero-order chi connectivity index (χ0) is 15.6. The van der Waals surface area contributed by atoms with Crippen LogP contribution in [0, 0.1) is 24.0 Å². The van der Waals surface area contributed by atoms with E-state index >= 15 is 0 Å². The second-order valence-electron chi connectivity index (χ2n) is 4.57. The molecule has 110 valence electrons. The fraction of sp³-hybridized carbons (Fsp3) is 0.231. The lowest BCUT2D eigenvalue weighted by atomic mass is 10.2. The number of halogens is 1. The third-order valence-corrected chi connectivity index (χ3v) is 3.07. The summed E-state index contributed by atoms with van der Waals surface area (Å²) in [4.78, 5) is 22.3. The van der Waals surface area contributed by atoms with Crippen molar-refractivity contribution < 1.29 is 9.72 Å². The van der Waals surface area contributed by atoms with E-state index in [1.54, 1.807) is 25.1 Å². The van der Waals surface area contributed by atoms with Crippen LogP contribution < -0.4 is 5.32 Å². The topological polar surface area (TPSA) is 90.1 Å². The van der Waals surface area contributed by atoms with Crippen molar-refractivity contribution in [3.63, 3.8) is 0 Å². The average molecular weight is 309 g/mol. The van der Waals surface area contributed by atoms with Crippen molar-refractivity contribution >= 4 is 29.0 Å². The SMILES string of the molecule is Cc1cc([N+](=O)[O-])n(CC(=O)Nc2cc(Cl)ccc2C)n1. The van der Waals surface area contributed by atoms with E-state index in [1.165, 1.54) is 6.07 Å². The summed E-state index contributed by atoms with van der Waals surface area (Å²) in [5.41, 5.74) is 1.89. The van der Waals surface area contributed by atoms with Gasteiger partial charge < -0.3 is 15.4 Å². The third kappa shape index (κ3) is 3.57. The van der Waals surface area contributed by atoms with E-state index in [4.69, 9.17) is 11.6 Å². The Morgan fingerprint density at radius 1 is 1.43 bits per heavy atom. The maximum absolute atomic E-state index is 12.0. The van der Waals surface area contributed by atoms with Gasteiger partial charge in [-0.3, -0.25) is 4.79 Å². The Balaban J connectivity index is 2.15. The van der Waals surface area contributed by atoms with Crippen LogP contribution in [0.2, 0.25) is 5.02 Å². The zero-order valence-corrected chi connectivity index (χ0v) is 12.2. The van der Waals surface area contributed by atoms with E-state index in [1.807, 2.05) is 6.92 Å². The zero-order valence-electron chi connectivity index (χ0n) is 11.5. The van der Waals surface area contributed by atoms with E-state index in [0.29, 0.717) is 16.4 Å². The lowest BCUT2D eigenvalue weighted by molar-refractivity contribution is -0.392. The molecular formula is C13H13ClN4O3. The molecule has 1 N–H and O–H groups in total. The molecule has 0 unspecified atom stereocenters. The number of nitrogens with zero attached hydrogens (tertiary/aromatic N) is 3. The Hall–Kier alpha value is -2.41. The van der Waals surface area contributed by atoms with Crippen LogP contribution in [0.4, 0.5) is 11.5 Å². The molecule has 21 heavy (non-hydrogen) atoms. The predicted octanol–water partition coefficient (Wildman–Crippen LogP) is 2.70. The molecule has 0 aliphatic carbocycles. The molecule has 0 atom stereocenters. The Morgan fingerprint density at radius 3 is 2.81 bits per heavy atom. The number of hydrogen-bond acceptors (Lipinski definition) is 4. The van der Waals surface area contributed by atoms with Gasteiger partial charge in [-0.15, -0.1) is 4.68 Å². The lowest BCUT2D eigenvalue weighted by Crippen LogP contribution is -2.21. The van der Waals surface area contributed by atoms with Crippen LogP contribution in [0.15, 0.2) is 24.3 Å². The normalized spacial score (nSPS) is 10.4. The molecule has 0 radical (unpaired) electrons. The summed E-state index contributed by atoms with van der Waals surface area (Å²) in [6, 6.07) is 6.43. The Kier molecular flexibility index (Phi) is 4.23. The highest BCUT2D eigenvalue weighted by Gasteiger charge is 2.19. The molecule has 0 fully saturated rings. The van der Waals surface area contributed by atoms with Crippen LogP contribution in [0.1, 0.15) is 11.3 Å². The smallest absolute Gasteiger partial charge is 0.345 e. The number of carbonyl (C=O) groups excluding carboxylic acids is 1. The summed E-state index contributed by atoms with van der Waals surface area (Å²) in [7, 11) is 0. The summed E-state index contributed by atoms with van der Waals surface area (Å²) in [6.07, 6.45) is 0. The highest BCUT2D eigenvalue weighted by atomic mass is 35.5. The first kappa shape index (κ1) is 15.0. The van der Waals surface area contributed by atoms with Crippen molar-refractivity contribution in [2.45, 2.75) is 20.4 Å². The monoisotopic (exact) mass is 308 g/mol. The van der Waals surface area contributed by atoms with Crippen LogP contribution in [0.3, 0.4) is 0 Å². The fourth-order valence-electron chi connectivity index (χ4n) is 1.85. The minimum absolute atomic E-state index is 0.217. The standard InChI is InChI=1S/C13H13ClN4O3/c1-8-3-4-10(14)6-11(8)15-12(19)7-17-13(18(20)21)5-9(2)16-17/h3-6H,7H2,1-2H3,(H,15,19). The van der Waals surface area contributed by atoms with Crippen molar-refractivity contribution in [1.82, 2.24) is 9.78 Å². The summed E-state index contributed by atoms with van der Waals surface area (Å²) in [5, 5.41) is 18.0. The number of rotatable bonds is 4. The number of benzene rings is 1. The Morgan fingerprint density at radius 2 is 2.14 bits per heavy atom. The quantitative estimate of drug-likeness (QED) is 0.694. The second-order valence-corrected chi connectivity index (χ2v) is 5.00. The molecule has 1 amide bonds. The average Bonchev–Trinajstić information content (AvgIpc) is 2.75. The van der Waals surface area contributed by atoms with E-state index in [-0.39, 0.29) is 12.4 Å². The van der Waals surface area contributed by atoms with Gasteiger partial charge >= 0.3 is 5.82 Å². The number of carbonyl (C=O) groups is 1. The molecule has 0 bridgehead atoms. The minimum atomic E-state index is -0.572. The summed E-state index contributed by atoms with van der Waals surface area (Å²) in [6.45, 7) is 3.21. The molecule has 8 heteroatoms. The predicted molar refractivity (Wildman–Crippen MR) is 78.4 cm³/mol. The number of aryl methyl sites for hydroxylation is 2. The molecule has 7 nitrogen and oxygen atoms in total. The first-order valence-corrected chi connectivity index (χ1v) is 6.49. The van der Waals surface area contributed by atoms with Crippen LogP contribution in [-0.4, -0.2) is 20.6 Å². The minimum Gasteiger partial charge on any atom is -0.358 e. The van der Waals surface area contributed by atoms with Gasteiger partial charge in [-0.05, 0) is 36.5 Å². The van der Waals surface area contributed by atoms with E-state index in [2.05, 4.69) is 10.4 Å². The number of nitrogens with one attached hydrogen (secondary N) is 1. The molecule has 1 aromatic heterocycles. The molecule has 1 aromatic carbocycles. The van der Waals surface area contributed by atoms with Gasteiger partial charge in [-0.2, -0.15) is 0 Å². The largest absolute Gasteiger partial charge is 0.358 e. The van der Waals surface area contributed by atoms with Crippen molar-refractivity contribution in [3.8, 4) is 0 Å². The summed E-state index contributed by atoms with van der Waals surface area (Å²) in [5.74, 6) is -0.628. The lowest BCUT2D eigenvalue weighted by Gasteiger charge is -2.07. The molecule has 0 spiro atoms. The van der Waals surface area contributed by atoms with Crippen LogP contribution in [-0.2, 0) is 11.3 Å². The van der Waals surface area contributed by atoms with Crippen molar-refractivity contribution in [1.29, 1.82) is 0 Å². The third-order valence-electron chi connectivity index (χ3n) is 2.84. The second kappa shape index (κ2) is 5.92. The fourth-order valence-corrected chi connectivity index (χ4v) is 2.02. The first-order valence-electron chi connectivity index (χ1n) is 6.11. The number of hydrogen-bond donors (Lipinski definition) is 1. The number of anilines is 1. The van der Waals surface area contributed by atoms with Crippen molar-refractivity contribution in [2.75, 3.05) is 5.32 Å². The van der Waals surface area contributed by atoms with Gasteiger partial charge in [0.2, 0.25) is 0 Å². The van der Waals surface area contributed by atoms with Gasteiger partial charge in [-0.25, -0.2) is 0 Å². The van der Waals surface area contributed by atoms with Gasteiger partial charge in [0, 0.05) is 10.7 Å². The molecule has 0 saturated heterocycles. The van der Waals surface area contributed by atoms with Gasteiger partial charge in [-0.1, -0.05) is 22.8 Å². The maximum atomic E-state index is 12.0.